The summed E-state index contributed by atoms with van der Waals surface area (Å²) in [5.41, 5.74) is 8.40. The monoisotopic (exact) mass is 402 g/mol. The maximum atomic E-state index is 12.1. The van der Waals surface area contributed by atoms with Gasteiger partial charge in [0, 0.05) is 36.1 Å². The Kier molecular flexibility index (Phi) is 5.78. The highest BCUT2D eigenvalue weighted by atomic mass is 16.4. The van der Waals surface area contributed by atoms with Crippen LogP contribution in [0.25, 0.3) is 0 Å². The summed E-state index contributed by atoms with van der Waals surface area (Å²) in [5.74, 6) is -0.847. The molecule has 0 aliphatic heterocycles. The third kappa shape index (κ3) is 3.80. The van der Waals surface area contributed by atoms with Crippen molar-refractivity contribution in [3.8, 4) is 0 Å². The molecular formula is C26H30N2O2. The van der Waals surface area contributed by atoms with E-state index >= 15 is 0 Å². The minimum absolute atomic E-state index is 0.274. The van der Waals surface area contributed by atoms with Gasteiger partial charge in [-0.2, -0.15) is 0 Å². The number of carboxylic acids is 1. The third-order valence-electron chi connectivity index (χ3n) is 6.61. The normalized spacial score (nSPS) is 15.8. The van der Waals surface area contributed by atoms with E-state index in [4.69, 9.17) is 0 Å². The molecule has 0 bridgehead atoms. The average molecular weight is 403 g/mol. The number of aromatic carboxylic acids is 1. The van der Waals surface area contributed by atoms with Crippen molar-refractivity contribution >= 4 is 5.97 Å². The number of fused-ring (bicyclic) bond motifs is 1. The highest BCUT2D eigenvalue weighted by Gasteiger charge is 2.25. The van der Waals surface area contributed by atoms with E-state index in [-0.39, 0.29) is 6.04 Å². The number of hydrogen-bond donors (Lipinski definition) is 2. The first-order valence-corrected chi connectivity index (χ1v) is 10.7. The molecule has 0 spiro atoms. The molecule has 1 atom stereocenters. The summed E-state index contributed by atoms with van der Waals surface area (Å²) in [5, 5.41) is 13.6. The first kappa shape index (κ1) is 20.4. The Balaban J connectivity index is 1.64. The summed E-state index contributed by atoms with van der Waals surface area (Å²) in [6.07, 6.45) is 3.37. The summed E-state index contributed by atoms with van der Waals surface area (Å²) < 4.78 is 2.15. The number of nitrogens with zero attached hydrogens (tertiary/aromatic N) is 1. The molecule has 0 fully saturated rings. The number of nitrogens with one attached hydrogen (secondary N) is 1. The maximum absolute atomic E-state index is 12.1. The molecule has 2 N–H and O–H groups in total. The van der Waals surface area contributed by atoms with Crippen LogP contribution in [-0.2, 0) is 19.5 Å². The minimum Gasteiger partial charge on any atom is -0.478 e. The van der Waals surface area contributed by atoms with Gasteiger partial charge in [0.1, 0.15) is 0 Å². The standard InChI is InChI=1S/C26H30N2O2/c1-17-9-4-5-11-21(17)16-28-18(2)23(25(19(28)3)26(29)30)15-27-24-14-8-12-20-10-6-7-13-22(20)24/h4-7,9-11,13,24,27H,8,12,14-16H2,1-3H3,(H,29,30)/t24-/m0/s1. The van der Waals surface area contributed by atoms with Gasteiger partial charge < -0.3 is 15.0 Å². The largest absolute Gasteiger partial charge is 0.478 e. The smallest absolute Gasteiger partial charge is 0.337 e. The lowest BCUT2D eigenvalue weighted by Crippen LogP contribution is -2.25. The SMILES string of the molecule is Cc1ccccc1Cn1c(C)c(CN[C@H]2CCCc3ccccc32)c(C(=O)O)c1C. The van der Waals surface area contributed by atoms with Gasteiger partial charge in [0.2, 0.25) is 0 Å². The number of benzene rings is 2. The van der Waals surface area contributed by atoms with Gasteiger partial charge in [-0.25, -0.2) is 4.79 Å². The first-order valence-electron chi connectivity index (χ1n) is 10.7. The molecule has 1 heterocycles. The van der Waals surface area contributed by atoms with Gasteiger partial charge in [-0.3, -0.25) is 0 Å². The second kappa shape index (κ2) is 8.49. The van der Waals surface area contributed by atoms with Crippen LogP contribution in [0.3, 0.4) is 0 Å². The number of carbonyl (C=O) groups is 1. The highest BCUT2D eigenvalue weighted by molar-refractivity contribution is 5.91. The minimum atomic E-state index is -0.847. The maximum Gasteiger partial charge on any atom is 0.337 e. The molecule has 3 aromatic rings. The van der Waals surface area contributed by atoms with Crippen molar-refractivity contribution in [2.75, 3.05) is 0 Å². The van der Waals surface area contributed by atoms with Crippen molar-refractivity contribution in [1.29, 1.82) is 0 Å². The fourth-order valence-corrected chi connectivity index (χ4v) is 4.84. The van der Waals surface area contributed by atoms with Gasteiger partial charge in [-0.15, -0.1) is 0 Å². The predicted molar refractivity (Wildman–Crippen MR) is 120 cm³/mol. The van der Waals surface area contributed by atoms with E-state index in [1.165, 1.54) is 22.3 Å². The molecule has 0 unspecified atom stereocenters. The Morgan fingerprint density at radius 1 is 1.07 bits per heavy atom. The molecule has 4 heteroatoms. The van der Waals surface area contributed by atoms with E-state index in [1.807, 2.05) is 26.0 Å². The summed E-state index contributed by atoms with van der Waals surface area (Å²) >= 11 is 0. The number of aryl methyl sites for hydroxylation is 2. The average Bonchev–Trinajstić information content (AvgIpc) is 2.98. The van der Waals surface area contributed by atoms with Crippen LogP contribution in [0.1, 0.15) is 68.4 Å². The molecule has 1 aliphatic rings. The van der Waals surface area contributed by atoms with Gasteiger partial charge in [-0.1, -0.05) is 48.5 Å². The molecule has 4 nitrogen and oxygen atoms in total. The zero-order valence-corrected chi connectivity index (χ0v) is 18.0. The Morgan fingerprint density at radius 2 is 1.80 bits per heavy atom. The highest BCUT2D eigenvalue weighted by Crippen LogP contribution is 2.31. The molecule has 0 saturated carbocycles. The Labute approximate surface area is 178 Å². The third-order valence-corrected chi connectivity index (χ3v) is 6.61. The molecule has 1 aromatic heterocycles. The summed E-state index contributed by atoms with van der Waals surface area (Å²) in [6, 6.07) is 17.2. The van der Waals surface area contributed by atoms with Gasteiger partial charge in [0.25, 0.3) is 0 Å². The number of hydrogen-bond acceptors (Lipinski definition) is 2. The molecule has 1 aliphatic carbocycles. The van der Waals surface area contributed by atoms with Crippen LogP contribution in [0.5, 0.6) is 0 Å². The summed E-state index contributed by atoms with van der Waals surface area (Å²) in [7, 11) is 0. The fourth-order valence-electron chi connectivity index (χ4n) is 4.84. The van der Waals surface area contributed by atoms with E-state index in [0.29, 0.717) is 18.7 Å². The lowest BCUT2D eigenvalue weighted by molar-refractivity contribution is 0.0694. The van der Waals surface area contributed by atoms with E-state index < -0.39 is 5.97 Å². The molecule has 30 heavy (non-hydrogen) atoms. The van der Waals surface area contributed by atoms with E-state index in [0.717, 1.165) is 36.2 Å². The van der Waals surface area contributed by atoms with Crippen LogP contribution < -0.4 is 5.32 Å². The van der Waals surface area contributed by atoms with Crippen LogP contribution in [0.2, 0.25) is 0 Å². The molecule has 4 rings (SSSR count). The molecule has 0 amide bonds. The second-order valence-electron chi connectivity index (χ2n) is 8.37. The number of aromatic nitrogens is 1. The lowest BCUT2D eigenvalue weighted by Gasteiger charge is -2.26. The molecular weight excluding hydrogens is 372 g/mol. The van der Waals surface area contributed by atoms with Gasteiger partial charge in [-0.05, 0) is 62.3 Å². The zero-order chi connectivity index (χ0) is 21.3. The second-order valence-corrected chi connectivity index (χ2v) is 8.37. The van der Waals surface area contributed by atoms with Crippen molar-refractivity contribution in [1.82, 2.24) is 9.88 Å². The number of rotatable bonds is 6. The Bertz CT molecular complexity index is 1080. The van der Waals surface area contributed by atoms with Crippen molar-refractivity contribution < 1.29 is 9.90 Å². The van der Waals surface area contributed by atoms with E-state index in [9.17, 15) is 9.90 Å². The van der Waals surface area contributed by atoms with Crippen LogP contribution in [-0.4, -0.2) is 15.6 Å². The van der Waals surface area contributed by atoms with Crippen LogP contribution >= 0.6 is 0 Å². The van der Waals surface area contributed by atoms with Crippen LogP contribution in [0, 0.1) is 20.8 Å². The summed E-state index contributed by atoms with van der Waals surface area (Å²) in [6.45, 7) is 7.33. The van der Waals surface area contributed by atoms with E-state index in [2.05, 4.69) is 53.2 Å². The van der Waals surface area contributed by atoms with Crippen molar-refractivity contribution in [3.63, 3.8) is 0 Å². The van der Waals surface area contributed by atoms with Crippen molar-refractivity contribution in [3.05, 3.63) is 93.3 Å². The Hall–Kier alpha value is -2.85. The molecule has 156 valence electrons. The predicted octanol–water partition coefficient (Wildman–Crippen LogP) is 5.33. The van der Waals surface area contributed by atoms with Gasteiger partial charge in [0.15, 0.2) is 0 Å². The van der Waals surface area contributed by atoms with Crippen molar-refractivity contribution in [2.45, 2.75) is 59.2 Å². The number of carboxylic acid groups (broad SMARTS) is 1. The van der Waals surface area contributed by atoms with Gasteiger partial charge >= 0.3 is 5.97 Å². The topological polar surface area (TPSA) is 54.3 Å². The van der Waals surface area contributed by atoms with Crippen molar-refractivity contribution in [2.24, 2.45) is 0 Å². The van der Waals surface area contributed by atoms with Crippen LogP contribution in [0.4, 0.5) is 0 Å². The lowest BCUT2D eigenvalue weighted by atomic mass is 9.87. The Morgan fingerprint density at radius 3 is 2.57 bits per heavy atom. The molecule has 0 saturated heterocycles. The fraction of sp³-hybridized carbons (Fsp3) is 0.346. The van der Waals surface area contributed by atoms with Crippen LogP contribution in [0.15, 0.2) is 48.5 Å². The van der Waals surface area contributed by atoms with E-state index in [1.54, 1.807) is 0 Å². The summed E-state index contributed by atoms with van der Waals surface area (Å²) in [4.78, 5) is 12.1. The van der Waals surface area contributed by atoms with Gasteiger partial charge in [0.05, 0.1) is 5.56 Å². The quantitative estimate of drug-likeness (QED) is 0.586. The zero-order valence-electron chi connectivity index (χ0n) is 18.0. The molecule has 0 radical (unpaired) electrons. The first-order chi connectivity index (χ1) is 14.5. The molecule has 2 aromatic carbocycles.